The maximum Gasteiger partial charge on any atom is 0.407 e. The van der Waals surface area contributed by atoms with Crippen LogP contribution >= 0.6 is 11.3 Å². The van der Waals surface area contributed by atoms with Crippen LogP contribution in [0.5, 0.6) is 5.75 Å². The molecule has 1 amide bonds. The van der Waals surface area contributed by atoms with Crippen LogP contribution in [0.1, 0.15) is 5.01 Å². The summed E-state index contributed by atoms with van der Waals surface area (Å²) in [5, 5.41) is 9.28. The van der Waals surface area contributed by atoms with E-state index in [0.717, 1.165) is 16.2 Å². The molecule has 29 heavy (non-hydrogen) atoms. The molecule has 0 atom stereocenters. The summed E-state index contributed by atoms with van der Waals surface area (Å²) in [4.78, 5) is 19.8. The molecule has 0 aliphatic rings. The summed E-state index contributed by atoms with van der Waals surface area (Å²) in [6, 6.07) is 8.69. The zero-order valence-corrected chi connectivity index (χ0v) is 17.0. The molecule has 0 radical (unpaired) electrons. The predicted molar refractivity (Wildman–Crippen MR) is 103 cm³/mol. The van der Waals surface area contributed by atoms with E-state index in [-0.39, 0.29) is 31.9 Å². The molecule has 0 saturated carbocycles. The van der Waals surface area contributed by atoms with Gasteiger partial charge in [0.1, 0.15) is 16.5 Å². The Hall–Kier alpha value is -3.05. The van der Waals surface area contributed by atoms with E-state index >= 15 is 0 Å². The lowest BCUT2D eigenvalue weighted by Crippen LogP contribution is -2.23. The second kappa shape index (κ2) is 8.13. The third-order valence-corrected chi connectivity index (χ3v) is 7.25. The molecular formula is C18H16FN3O5S2. The second-order valence-electron chi connectivity index (χ2n) is 5.91. The van der Waals surface area contributed by atoms with Gasteiger partial charge in [-0.3, -0.25) is 0 Å². The minimum absolute atomic E-state index is 0.0517. The monoisotopic (exact) mass is 437 g/mol. The van der Waals surface area contributed by atoms with E-state index in [9.17, 15) is 17.6 Å². The van der Waals surface area contributed by atoms with Crippen LogP contribution in [0.2, 0.25) is 0 Å². The van der Waals surface area contributed by atoms with Gasteiger partial charge in [0.25, 0.3) is 0 Å². The summed E-state index contributed by atoms with van der Waals surface area (Å²) in [6.45, 7) is -0.150. The molecular weight excluding hydrogens is 421 g/mol. The lowest BCUT2D eigenvalue weighted by atomic mass is 10.2. The number of ether oxygens (including phenoxy) is 1. The van der Waals surface area contributed by atoms with Crippen LogP contribution in [0.4, 0.5) is 9.18 Å². The molecule has 2 aromatic heterocycles. The van der Waals surface area contributed by atoms with Gasteiger partial charge < -0.3 is 14.7 Å². The number of aromatic nitrogens is 2. The fraction of sp³-hybridized carbons (Fsp3) is 0.167. The Balaban J connectivity index is 2.19. The smallest absolute Gasteiger partial charge is 0.407 e. The zero-order chi connectivity index (χ0) is 21.2. The summed E-state index contributed by atoms with van der Waals surface area (Å²) in [5.74, 6) is -0.534. The average molecular weight is 437 g/mol. The number of rotatable bonds is 6. The van der Waals surface area contributed by atoms with Gasteiger partial charge in [0.15, 0.2) is 4.21 Å². The van der Waals surface area contributed by atoms with E-state index in [1.165, 1.54) is 50.7 Å². The lowest BCUT2D eigenvalue weighted by Gasteiger charge is -2.09. The van der Waals surface area contributed by atoms with Crippen LogP contribution < -0.4 is 4.74 Å². The quantitative estimate of drug-likeness (QED) is 0.589. The molecule has 0 bridgehead atoms. The zero-order valence-electron chi connectivity index (χ0n) is 15.4. The first-order chi connectivity index (χ1) is 13.7. The molecule has 2 heterocycles. The van der Waals surface area contributed by atoms with Crippen LogP contribution in [-0.4, -0.2) is 48.6 Å². The molecule has 1 aromatic carbocycles. The number of pyridine rings is 1. The number of sulfone groups is 1. The summed E-state index contributed by atoms with van der Waals surface area (Å²) >= 11 is 0.785. The van der Waals surface area contributed by atoms with Crippen molar-refractivity contribution in [1.29, 1.82) is 0 Å². The summed E-state index contributed by atoms with van der Waals surface area (Å²) in [6.07, 6.45) is 0.0344. The van der Waals surface area contributed by atoms with E-state index in [0.29, 0.717) is 5.75 Å². The fourth-order valence-corrected chi connectivity index (χ4v) is 5.51. The maximum atomic E-state index is 14.3. The van der Waals surface area contributed by atoms with Gasteiger partial charge in [-0.15, -0.1) is 11.3 Å². The van der Waals surface area contributed by atoms with E-state index in [1.807, 2.05) is 0 Å². The van der Waals surface area contributed by atoms with Gasteiger partial charge >= 0.3 is 6.09 Å². The molecule has 11 heteroatoms. The molecule has 3 rings (SSSR count). The molecule has 0 aliphatic heterocycles. The number of carboxylic acid groups (broad SMARTS) is 1. The minimum atomic E-state index is -4.09. The number of nitrogens with zero attached hydrogens (tertiary/aromatic N) is 3. The topological polar surface area (TPSA) is 110 Å². The Morgan fingerprint density at radius 3 is 2.72 bits per heavy atom. The molecule has 0 spiro atoms. The number of methoxy groups -OCH3 is 1. The van der Waals surface area contributed by atoms with Crippen molar-refractivity contribution in [2.24, 2.45) is 0 Å². The third-order valence-electron chi connectivity index (χ3n) is 3.95. The lowest BCUT2D eigenvalue weighted by molar-refractivity contribution is 0.153. The van der Waals surface area contributed by atoms with Crippen LogP contribution in [0.3, 0.4) is 0 Å². The Morgan fingerprint density at radius 1 is 1.31 bits per heavy atom. The summed E-state index contributed by atoms with van der Waals surface area (Å²) in [5.41, 5.74) is -0.202. The first kappa shape index (κ1) is 20.7. The molecule has 1 N–H and O–H groups in total. The number of amides is 1. The minimum Gasteiger partial charge on any atom is -0.497 e. The molecule has 0 saturated heterocycles. The van der Waals surface area contributed by atoms with E-state index in [1.54, 1.807) is 6.07 Å². The maximum absolute atomic E-state index is 14.3. The van der Waals surface area contributed by atoms with Crippen LogP contribution in [0.25, 0.3) is 11.3 Å². The number of halogens is 1. The Kier molecular flexibility index (Phi) is 5.80. The van der Waals surface area contributed by atoms with Crippen molar-refractivity contribution in [2.45, 2.75) is 15.6 Å². The van der Waals surface area contributed by atoms with Crippen LogP contribution in [-0.2, 0) is 16.4 Å². The first-order valence-corrected chi connectivity index (χ1v) is 10.5. The van der Waals surface area contributed by atoms with Gasteiger partial charge in [-0.2, -0.15) is 4.39 Å². The van der Waals surface area contributed by atoms with Crippen molar-refractivity contribution >= 4 is 27.3 Å². The first-order valence-electron chi connectivity index (χ1n) is 8.18. The van der Waals surface area contributed by atoms with Crippen molar-refractivity contribution < 1.29 is 27.4 Å². The molecule has 0 fully saturated rings. The highest BCUT2D eigenvalue weighted by Crippen LogP contribution is 2.37. The van der Waals surface area contributed by atoms with E-state index < -0.39 is 21.9 Å². The van der Waals surface area contributed by atoms with Gasteiger partial charge in [0.05, 0.1) is 24.1 Å². The highest BCUT2D eigenvalue weighted by molar-refractivity contribution is 7.93. The van der Waals surface area contributed by atoms with Gasteiger partial charge in [0, 0.05) is 13.2 Å². The molecule has 0 unspecified atom stereocenters. The third kappa shape index (κ3) is 4.20. The van der Waals surface area contributed by atoms with Crippen molar-refractivity contribution in [1.82, 2.24) is 14.9 Å². The number of benzene rings is 1. The highest BCUT2D eigenvalue weighted by atomic mass is 32.2. The van der Waals surface area contributed by atoms with Crippen molar-refractivity contribution in [3.8, 4) is 17.0 Å². The van der Waals surface area contributed by atoms with Crippen molar-refractivity contribution in [3.05, 3.63) is 53.6 Å². The molecule has 8 nitrogen and oxygen atoms in total. The number of hydrogen-bond acceptors (Lipinski definition) is 7. The molecule has 3 aromatic rings. The normalized spacial score (nSPS) is 11.3. The second-order valence-corrected chi connectivity index (χ2v) is 9.14. The molecule has 0 aliphatic carbocycles. The van der Waals surface area contributed by atoms with Crippen molar-refractivity contribution in [2.75, 3.05) is 14.2 Å². The largest absolute Gasteiger partial charge is 0.497 e. The number of thiazole rings is 1. The van der Waals surface area contributed by atoms with Crippen LogP contribution in [0, 0.1) is 5.95 Å². The Labute approximate surface area is 170 Å². The number of hydrogen-bond donors (Lipinski definition) is 1. The number of carbonyl (C=O) groups is 1. The van der Waals surface area contributed by atoms with E-state index in [2.05, 4.69) is 9.97 Å². The van der Waals surface area contributed by atoms with Crippen molar-refractivity contribution in [3.63, 3.8) is 0 Å². The Morgan fingerprint density at radius 2 is 2.07 bits per heavy atom. The Bertz CT molecular complexity index is 1160. The summed E-state index contributed by atoms with van der Waals surface area (Å²) in [7, 11) is -1.35. The van der Waals surface area contributed by atoms with Gasteiger partial charge in [-0.05, 0) is 30.3 Å². The molecule has 152 valence electrons. The van der Waals surface area contributed by atoms with Gasteiger partial charge in [0.2, 0.25) is 15.8 Å². The predicted octanol–water partition coefficient (Wildman–Crippen LogP) is 3.30. The standard InChI is InChI=1S/C18H16FN3O5S2/c1-22(18(23)24)10-14-21-15(13-7-4-8-20-16(13)19)17(28-14)29(25,26)12-6-3-5-11(9-12)27-2/h3-9H,10H2,1-2H3,(H,23,24). The average Bonchev–Trinajstić information content (AvgIpc) is 3.12. The van der Waals surface area contributed by atoms with Gasteiger partial charge in [-0.25, -0.2) is 23.2 Å². The van der Waals surface area contributed by atoms with Crippen LogP contribution in [0.15, 0.2) is 51.7 Å². The van der Waals surface area contributed by atoms with Gasteiger partial charge in [-0.1, -0.05) is 6.07 Å². The highest BCUT2D eigenvalue weighted by Gasteiger charge is 2.29. The SMILES string of the molecule is COc1cccc(S(=O)(=O)c2sc(CN(C)C(=O)O)nc2-c2cccnc2F)c1. The van der Waals surface area contributed by atoms with E-state index in [4.69, 9.17) is 9.84 Å². The fourth-order valence-electron chi connectivity index (χ4n) is 2.48. The summed E-state index contributed by atoms with van der Waals surface area (Å²) < 4.78 is 45.7.